The molecular formula is C21H31N5O3. The number of Topliss-reactive ketones (excluding diaryl/α,β-unsaturated/α-hetero) is 1. The van der Waals surface area contributed by atoms with E-state index < -0.39 is 5.97 Å². The van der Waals surface area contributed by atoms with Gasteiger partial charge in [0.05, 0.1) is 0 Å². The molecule has 0 atom stereocenters. The molecule has 2 aliphatic rings. The minimum absolute atomic E-state index is 0.0688. The summed E-state index contributed by atoms with van der Waals surface area (Å²) >= 11 is 0. The zero-order valence-corrected chi connectivity index (χ0v) is 17.1. The van der Waals surface area contributed by atoms with Gasteiger partial charge in [-0.3, -0.25) is 10.2 Å². The van der Waals surface area contributed by atoms with Crippen molar-refractivity contribution in [2.24, 2.45) is 5.92 Å². The average Bonchev–Trinajstić information content (AvgIpc) is 3.06. The van der Waals surface area contributed by atoms with Crippen LogP contribution in [0, 0.1) is 11.3 Å². The normalized spacial score (nSPS) is 18.0. The van der Waals surface area contributed by atoms with Crippen LogP contribution in [0.2, 0.25) is 0 Å². The van der Waals surface area contributed by atoms with Crippen LogP contribution in [0.4, 0.5) is 11.6 Å². The summed E-state index contributed by atoms with van der Waals surface area (Å²) in [6, 6.07) is 3.58. The van der Waals surface area contributed by atoms with Crippen molar-refractivity contribution in [2.75, 3.05) is 50.1 Å². The number of rotatable bonds is 7. The van der Waals surface area contributed by atoms with Gasteiger partial charge in [0, 0.05) is 31.6 Å². The van der Waals surface area contributed by atoms with E-state index in [1.165, 1.54) is 12.8 Å². The topological polar surface area (TPSA) is 107 Å². The highest BCUT2D eigenvalue weighted by molar-refractivity contribution is 6.43. The van der Waals surface area contributed by atoms with E-state index in [0.717, 1.165) is 57.7 Å². The van der Waals surface area contributed by atoms with Crippen molar-refractivity contribution >= 4 is 29.1 Å². The van der Waals surface area contributed by atoms with Gasteiger partial charge in [0.15, 0.2) is 18.1 Å². The Morgan fingerprint density at radius 2 is 1.90 bits per heavy atom. The van der Waals surface area contributed by atoms with Crippen LogP contribution in [0.25, 0.3) is 0 Å². The Hall–Kier alpha value is -2.48. The van der Waals surface area contributed by atoms with Gasteiger partial charge in [0.1, 0.15) is 11.6 Å². The molecule has 158 valence electrons. The van der Waals surface area contributed by atoms with Gasteiger partial charge in [-0.2, -0.15) is 0 Å². The molecule has 2 aliphatic heterocycles. The first-order chi connectivity index (χ1) is 14.1. The second kappa shape index (κ2) is 10.3. The van der Waals surface area contributed by atoms with Gasteiger partial charge in [-0.1, -0.05) is 12.8 Å². The molecule has 0 bridgehead atoms. The van der Waals surface area contributed by atoms with Crippen LogP contribution in [0.3, 0.4) is 0 Å². The third-order valence-corrected chi connectivity index (χ3v) is 5.66. The predicted molar refractivity (Wildman–Crippen MR) is 113 cm³/mol. The molecule has 8 heteroatoms. The minimum Gasteiger partial charge on any atom is -0.453 e. The molecule has 3 heterocycles. The van der Waals surface area contributed by atoms with Gasteiger partial charge in [0.2, 0.25) is 0 Å². The molecule has 0 radical (unpaired) electrons. The summed E-state index contributed by atoms with van der Waals surface area (Å²) in [4.78, 5) is 31.4. The molecule has 3 rings (SSSR count). The molecule has 0 amide bonds. The van der Waals surface area contributed by atoms with Crippen LogP contribution in [-0.4, -0.2) is 62.3 Å². The molecule has 2 saturated heterocycles. The highest BCUT2D eigenvalue weighted by Crippen LogP contribution is 2.23. The van der Waals surface area contributed by atoms with Crippen LogP contribution in [0.1, 0.15) is 44.1 Å². The molecule has 29 heavy (non-hydrogen) atoms. The van der Waals surface area contributed by atoms with Crippen LogP contribution in [0.15, 0.2) is 12.1 Å². The van der Waals surface area contributed by atoms with Crippen molar-refractivity contribution in [1.82, 2.24) is 10.3 Å². The molecule has 2 fully saturated rings. The fraction of sp³-hybridized carbons (Fsp3) is 0.619. The lowest BCUT2D eigenvalue weighted by atomic mass is 9.94. The van der Waals surface area contributed by atoms with E-state index in [-0.39, 0.29) is 24.0 Å². The van der Waals surface area contributed by atoms with Gasteiger partial charge in [-0.05, 0) is 50.9 Å². The number of ether oxygens (including phenoxy) is 1. The number of aromatic nitrogens is 1. The lowest BCUT2D eigenvalue weighted by molar-refractivity contribution is -0.143. The summed E-state index contributed by atoms with van der Waals surface area (Å²) in [5.74, 6) is 0.380. The maximum absolute atomic E-state index is 12.4. The van der Waals surface area contributed by atoms with E-state index in [1.54, 1.807) is 13.1 Å². The Labute approximate surface area is 171 Å². The Morgan fingerprint density at radius 1 is 1.21 bits per heavy atom. The SMILES string of the molecule is CNc1nc(N2CCCCCC2)ccc1C(=N)C(=O)OCC(=O)C1CCNCC1. The number of pyridine rings is 1. The van der Waals surface area contributed by atoms with Gasteiger partial charge in [0.25, 0.3) is 0 Å². The number of piperidine rings is 1. The van der Waals surface area contributed by atoms with E-state index in [1.807, 2.05) is 6.07 Å². The number of anilines is 2. The highest BCUT2D eigenvalue weighted by Gasteiger charge is 2.24. The van der Waals surface area contributed by atoms with Gasteiger partial charge in [-0.25, -0.2) is 9.78 Å². The Bertz CT molecular complexity index is 738. The molecule has 0 unspecified atom stereocenters. The smallest absolute Gasteiger partial charge is 0.357 e. The van der Waals surface area contributed by atoms with E-state index in [2.05, 4.69) is 20.5 Å². The van der Waals surface area contributed by atoms with E-state index in [9.17, 15) is 9.59 Å². The van der Waals surface area contributed by atoms with E-state index >= 15 is 0 Å². The quantitative estimate of drug-likeness (QED) is 0.474. The number of nitrogens with one attached hydrogen (secondary N) is 3. The fourth-order valence-electron chi connectivity index (χ4n) is 3.90. The van der Waals surface area contributed by atoms with Crippen LogP contribution in [-0.2, 0) is 14.3 Å². The number of carbonyl (C=O) groups excluding carboxylic acids is 2. The lowest BCUT2D eigenvalue weighted by Crippen LogP contribution is -2.34. The first-order valence-corrected chi connectivity index (χ1v) is 10.5. The highest BCUT2D eigenvalue weighted by atomic mass is 16.5. The molecule has 0 aromatic carbocycles. The van der Waals surface area contributed by atoms with Crippen molar-refractivity contribution in [3.8, 4) is 0 Å². The van der Waals surface area contributed by atoms with Crippen LogP contribution in [0.5, 0.6) is 0 Å². The molecule has 0 aliphatic carbocycles. The zero-order valence-electron chi connectivity index (χ0n) is 17.1. The van der Waals surface area contributed by atoms with E-state index in [0.29, 0.717) is 11.4 Å². The standard InChI is InChI=1S/C21H31N5O3/c1-23-20-16(6-7-18(25-20)26-12-4-2-3-5-13-26)19(22)21(28)29-14-17(27)15-8-10-24-11-9-15/h6-7,15,22,24H,2-5,8-14H2,1H3,(H,23,25). The zero-order chi connectivity index (χ0) is 20.6. The Balaban J connectivity index is 1.62. The first kappa shape index (κ1) is 21.2. The maximum Gasteiger partial charge on any atom is 0.357 e. The van der Waals surface area contributed by atoms with Crippen LogP contribution < -0.4 is 15.5 Å². The predicted octanol–water partition coefficient (Wildman–Crippen LogP) is 1.98. The second-order valence-electron chi connectivity index (χ2n) is 7.66. The molecule has 0 saturated carbocycles. The van der Waals surface area contributed by atoms with Crippen molar-refractivity contribution in [1.29, 1.82) is 5.41 Å². The molecule has 0 spiro atoms. The third kappa shape index (κ3) is 5.53. The third-order valence-electron chi connectivity index (χ3n) is 5.66. The summed E-state index contributed by atoms with van der Waals surface area (Å²) in [7, 11) is 1.72. The minimum atomic E-state index is -0.798. The van der Waals surface area contributed by atoms with Crippen molar-refractivity contribution in [3.05, 3.63) is 17.7 Å². The van der Waals surface area contributed by atoms with Gasteiger partial charge >= 0.3 is 5.97 Å². The second-order valence-corrected chi connectivity index (χ2v) is 7.66. The molecule has 1 aromatic heterocycles. The Kier molecular flexibility index (Phi) is 7.57. The molecular weight excluding hydrogens is 370 g/mol. The van der Waals surface area contributed by atoms with Gasteiger partial charge < -0.3 is 20.3 Å². The number of ketones is 1. The average molecular weight is 402 g/mol. The lowest BCUT2D eigenvalue weighted by Gasteiger charge is -2.23. The van der Waals surface area contributed by atoms with Crippen molar-refractivity contribution in [2.45, 2.75) is 38.5 Å². The summed E-state index contributed by atoms with van der Waals surface area (Å²) < 4.78 is 5.14. The maximum atomic E-state index is 12.4. The first-order valence-electron chi connectivity index (χ1n) is 10.5. The fourth-order valence-corrected chi connectivity index (χ4v) is 3.90. The number of esters is 1. The largest absolute Gasteiger partial charge is 0.453 e. The Morgan fingerprint density at radius 3 is 2.55 bits per heavy atom. The van der Waals surface area contributed by atoms with Crippen molar-refractivity contribution in [3.63, 3.8) is 0 Å². The number of nitrogens with zero attached hydrogens (tertiary/aromatic N) is 2. The van der Waals surface area contributed by atoms with Crippen LogP contribution >= 0.6 is 0 Å². The summed E-state index contributed by atoms with van der Waals surface area (Å²) in [6.45, 7) is 3.27. The monoisotopic (exact) mass is 401 g/mol. The number of carbonyl (C=O) groups is 2. The molecule has 3 N–H and O–H groups in total. The number of hydrogen-bond donors (Lipinski definition) is 3. The molecule has 8 nitrogen and oxygen atoms in total. The van der Waals surface area contributed by atoms with Crippen molar-refractivity contribution < 1.29 is 14.3 Å². The summed E-state index contributed by atoms with van der Waals surface area (Å²) in [6.07, 6.45) is 6.29. The van der Waals surface area contributed by atoms with Gasteiger partial charge in [-0.15, -0.1) is 0 Å². The molecule has 1 aromatic rings. The summed E-state index contributed by atoms with van der Waals surface area (Å²) in [5, 5.41) is 14.4. The van der Waals surface area contributed by atoms with E-state index in [4.69, 9.17) is 10.1 Å². The summed E-state index contributed by atoms with van der Waals surface area (Å²) in [5.41, 5.74) is 0.0905. The number of hydrogen-bond acceptors (Lipinski definition) is 8.